The highest BCUT2D eigenvalue weighted by molar-refractivity contribution is 5.42. The van der Waals surface area contributed by atoms with Crippen molar-refractivity contribution in [1.29, 1.82) is 0 Å². The van der Waals surface area contributed by atoms with E-state index in [0.717, 1.165) is 5.56 Å². The van der Waals surface area contributed by atoms with Gasteiger partial charge in [0, 0.05) is 6.04 Å². The number of methoxy groups -OCH3 is 1. The van der Waals surface area contributed by atoms with E-state index in [1.807, 2.05) is 6.92 Å². The highest BCUT2D eigenvalue weighted by Crippen LogP contribution is 2.28. The summed E-state index contributed by atoms with van der Waals surface area (Å²) < 4.78 is 4.96. The molecule has 1 aromatic rings. The first-order chi connectivity index (χ1) is 6.19. The molecule has 1 unspecified atom stereocenters. The summed E-state index contributed by atoms with van der Waals surface area (Å²) >= 11 is 0. The molecule has 0 saturated heterocycles. The van der Waals surface area contributed by atoms with Crippen molar-refractivity contribution < 1.29 is 9.84 Å². The maximum absolute atomic E-state index is 9.31. The molecule has 1 aromatic carbocycles. The minimum absolute atomic E-state index is 0.0366. The van der Waals surface area contributed by atoms with Crippen LogP contribution in [-0.4, -0.2) is 12.2 Å². The molecule has 0 saturated carbocycles. The molecule has 0 fully saturated rings. The van der Waals surface area contributed by atoms with E-state index in [0.29, 0.717) is 5.75 Å². The van der Waals surface area contributed by atoms with Crippen LogP contribution in [0, 0.1) is 0 Å². The first-order valence-corrected chi connectivity index (χ1v) is 4.02. The van der Waals surface area contributed by atoms with Crippen molar-refractivity contribution in [1.82, 2.24) is 5.43 Å². The summed E-state index contributed by atoms with van der Waals surface area (Å²) in [6, 6.07) is 5.17. The molecule has 72 valence electrons. The highest BCUT2D eigenvalue weighted by atomic mass is 16.5. The maximum Gasteiger partial charge on any atom is 0.160 e. The Labute approximate surface area is 77.3 Å². The molecule has 13 heavy (non-hydrogen) atoms. The van der Waals surface area contributed by atoms with Crippen molar-refractivity contribution in [2.75, 3.05) is 7.11 Å². The van der Waals surface area contributed by atoms with Gasteiger partial charge in [0.15, 0.2) is 11.5 Å². The second-order valence-corrected chi connectivity index (χ2v) is 2.82. The lowest BCUT2D eigenvalue weighted by Crippen LogP contribution is -2.25. The molecule has 0 bridgehead atoms. The summed E-state index contributed by atoms with van der Waals surface area (Å²) in [4.78, 5) is 0. The van der Waals surface area contributed by atoms with Crippen LogP contribution < -0.4 is 16.0 Å². The van der Waals surface area contributed by atoms with Crippen molar-refractivity contribution in [3.8, 4) is 11.5 Å². The van der Waals surface area contributed by atoms with E-state index >= 15 is 0 Å². The number of nitrogens with one attached hydrogen (secondary N) is 1. The van der Waals surface area contributed by atoms with Gasteiger partial charge in [-0.05, 0) is 24.6 Å². The fourth-order valence-corrected chi connectivity index (χ4v) is 1.06. The Morgan fingerprint density at radius 2 is 2.23 bits per heavy atom. The molecular formula is C9H14N2O2. The number of hydrogen-bond donors (Lipinski definition) is 3. The lowest BCUT2D eigenvalue weighted by atomic mass is 10.1. The Kier molecular flexibility index (Phi) is 3.11. The molecule has 4 heteroatoms. The summed E-state index contributed by atoms with van der Waals surface area (Å²) in [5.41, 5.74) is 3.58. The number of phenols is 1. The number of hydrazine groups is 1. The van der Waals surface area contributed by atoms with Crippen molar-refractivity contribution in [2.45, 2.75) is 13.0 Å². The Bertz CT molecular complexity index is 289. The van der Waals surface area contributed by atoms with Gasteiger partial charge in [-0.3, -0.25) is 11.3 Å². The van der Waals surface area contributed by atoms with Crippen molar-refractivity contribution >= 4 is 0 Å². The minimum atomic E-state index is 0.0366. The summed E-state index contributed by atoms with van der Waals surface area (Å²) in [5.74, 6) is 5.87. The summed E-state index contributed by atoms with van der Waals surface area (Å²) in [5, 5.41) is 9.31. The smallest absolute Gasteiger partial charge is 0.160 e. The maximum atomic E-state index is 9.31. The van der Waals surface area contributed by atoms with Gasteiger partial charge in [-0.15, -0.1) is 0 Å². The van der Waals surface area contributed by atoms with E-state index in [1.54, 1.807) is 18.2 Å². The van der Waals surface area contributed by atoms with Crippen LogP contribution in [0.3, 0.4) is 0 Å². The fourth-order valence-electron chi connectivity index (χ4n) is 1.06. The van der Waals surface area contributed by atoms with Gasteiger partial charge in [0.25, 0.3) is 0 Å². The molecule has 0 amide bonds. The molecule has 0 aliphatic carbocycles. The summed E-state index contributed by atoms with van der Waals surface area (Å²) in [7, 11) is 1.51. The van der Waals surface area contributed by atoms with Crippen LogP contribution in [0.25, 0.3) is 0 Å². The Balaban J connectivity index is 2.99. The van der Waals surface area contributed by atoms with Gasteiger partial charge in [0.1, 0.15) is 0 Å². The lowest BCUT2D eigenvalue weighted by Gasteiger charge is -2.12. The number of hydrogen-bond acceptors (Lipinski definition) is 4. The Hall–Kier alpha value is -1.26. The SMILES string of the molecule is COc1cc(C(C)NN)ccc1O. The number of ether oxygens (including phenoxy) is 1. The standard InChI is InChI=1S/C9H14N2O2/c1-6(11-10)7-3-4-8(12)9(5-7)13-2/h3-6,11-12H,10H2,1-2H3. The molecule has 0 radical (unpaired) electrons. The van der Waals surface area contributed by atoms with E-state index in [4.69, 9.17) is 10.6 Å². The van der Waals surface area contributed by atoms with Gasteiger partial charge in [-0.25, -0.2) is 0 Å². The van der Waals surface area contributed by atoms with Gasteiger partial charge in [0.05, 0.1) is 7.11 Å². The van der Waals surface area contributed by atoms with Crippen molar-refractivity contribution in [2.24, 2.45) is 5.84 Å². The van der Waals surface area contributed by atoms with Crippen LogP contribution in [0.4, 0.5) is 0 Å². The van der Waals surface area contributed by atoms with E-state index in [-0.39, 0.29) is 11.8 Å². The van der Waals surface area contributed by atoms with Crippen LogP contribution in [0.1, 0.15) is 18.5 Å². The number of nitrogens with two attached hydrogens (primary N) is 1. The third-order valence-electron chi connectivity index (χ3n) is 1.95. The van der Waals surface area contributed by atoms with Crippen LogP contribution >= 0.6 is 0 Å². The highest BCUT2D eigenvalue weighted by Gasteiger charge is 2.06. The van der Waals surface area contributed by atoms with Gasteiger partial charge in [-0.1, -0.05) is 6.07 Å². The number of rotatable bonds is 3. The van der Waals surface area contributed by atoms with Gasteiger partial charge in [0.2, 0.25) is 0 Å². The normalized spacial score (nSPS) is 12.5. The lowest BCUT2D eigenvalue weighted by molar-refractivity contribution is 0.372. The van der Waals surface area contributed by atoms with E-state index in [1.165, 1.54) is 7.11 Å². The Morgan fingerprint density at radius 3 is 2.77 bits per heavy atom. The summed E-state index contributed by atoms with van der Waals surface area (Å²) in [6.45, 7) is 1.92. The Morgan fingerprint density at radius 1 is 1.54 bits per heavy atom. The second-order valence-electron chi connectivity index (χ2n) is 2.82. The molecule has 0 spiro atoms. The van der Waals surface area contributed by atoms with Crippen LogP contribution in [-0.2, 0) is 0 Å². The topological polar surface area (TPSA) is 67.5 Å². The molecule has 0 heterocycles. The fraction of sp³-hybridized carbons (Fsp3) is 0.333. The summed E-state index contributed by atoms with van der Waals surface area (Å²) in [6.07, 6.45) is 0. The van der Waals surface area contributed by atoms with Crippen LogP contribution in [0.5, 0.6) is 11.5 Å². The molecule has 1 rings (SSSR count). The second kappa shape index (κ2) is 4.11. The first kappa shape index (κ1) is 9.83. The minimum Gasteiger partial charge on any atom is -0.504 e. The number of phenolic OH excluding ortho intramolecular Hbond substituents is 1. The van der Waals surface area contributed by atoms with Gasteiger partial charge < -0.3 is 9.84 Å². The van der Waals surface area contributed by atoms with Crippen molar-refractivity contribution in [3.63, 3.8) is 0 Å². The zero-order valence-electron chi connectivity index (χ0n) is 7.74. The van der Waals surface area contributed by atoms with E-state index in [2.05, 4.69) is 5.43 Å². The molecule has 4 nitrogen and oxygen atoms in total. The zero-order valence-corrected chi connectivity index (χ0v) is 7.74. The number of benzene rings is 1. The largest absolute Gasteiger partial charge is 0.504 e. The predicted octanol–water partition coefficient (Wildman–Crippen LogP) is 0.925. The number of aromatic hydroxyl groups is 1. The molecule has 0 aromatic heterocycles. The monoisotopic (exact) mass is 182 g/mol. The average molecular weight is 182 g/mol. The third kappa shape index (κ3) is 2.11. The molecule has 0 aliphatic rings. The quantitative estimate of drug-likeness (QED) is 0.480. The van der Waals surface area contributed by atoms with Gasteiger partial charge >= 0.3 is 0 Å². The third-order valence-corrected chi connectivity index (χ3v) is 1.95. The van der Waals surface area contributed by atoms with E-state index in [9.17, 15) is 5.11 Å². The molecular weight excluding hydrogens is 168 g/mol. The van der Waals surface area contributed by atoms with Crippen LogP contribution in [0.2, 0.25) is 0 Å². The van der Waals surface area contributed by atoms with Crippen molar-refractivity contribution in [3.05, 3.63) is 23.8 Å². The molecule has 0 aliphatic heterocycles. The van der Waals surface area contributed by atoms with E-state index < -0.39 is 0 Å². The zero-order chi connectivity index (χ0) is 9.84. The predicted molar refractivity (Wildman–Crippen MR) is 50.4 cm³/mol. The van der Waals surface area contributed by atoms with Crippen LogP contribution in [0.15, 0.2) is 18.2 Å². The molecule has 1 atom stereocenters. The van der Waals surface area contributed by atoms with Gasteiger partial charge in [-0.2, -0.15) is 0 Å². The average Bonchev–Trinajstić information content (AvgIpc) is 2.17. The first-order valence-electron chi connectivity index (χ1n) is 4.02. The molecule has 4 N–H and O–H groups in total.